The number of hydrogen-bond acceptors (Lipinski definition) is 5. The Labute approximate surface area is 80.6 Å². The summed E-state index contributed by atoms with van der Waals surface area (Å²) < 4.78 is 9.65. The molecule has 1 aromatic rings. The van der Waals surface area contributed by atoms with E-state index in [-0.39, 0.29) is 19.1 Å². The molecular formula is C8H10N2O4. The molecule has 0 amide bonds. The van der Waals surface area contributed by atoms with Gasteiger partial charge in [-0.05, 0) is 0 Å². The van der Waals surface area contributed by atoms with Crippen molar-refractivity contribution in [3.63, 3.8) is 0 Å². The first-order valence-corrected chi connectivity index (χ1v) is 3.90. The quantitative estimate of drug-likeness (QED) is 0.306. The summed E-state index contributed by atoms with van der Waals surface area (Å²) in [6, 6.07) is 2.70. The molecule has 0 fully saturated rings. The van der Waals surface area contributed by atoms with Crippen LogP contribution in [0.5, 0.6) is 0 Å². The predicted octanol–water partition coefficient (Wildman–Crippen LogP) is 1.11. The van der Waals surface area contributed by atoms with E-state index in [1.807, 2.05) is 0 Å². The van der Waals surface area contributed by atoms with Crippen molar-refractivity contribution in [3.8, 4) is 0 Å². The SMILES string of the molecule is COCOCc1cc([N+](=O)[O-])ccn1. The van der Waals surface area contributed by atoms with Gasteiger partial charge in [0.15, 0.2) is 0 Å². The van der Waals surface area contributed by atoms with Gasteiger partial charge in [0, 0.05) is 25.4 Å². The number of rotatable bonds is 5. The molecule has 6 nitrogen and oxygen atoms in total. The largest absolute Gasteiger partial charge is 0.359 e. The highest BCUT2D eigenvalue weighted by Crippen LogP contribution is 2.10. The highest BCUT2D eigenvalue weighted by Gasteiger charge is 2.06. The maximum atomic E-state index is 10.4. The standard InChI is InChI=1S/C8H10N2O4/c1-13-6-14-5-7-4-8(10(11)12)2-3-9-7/h2-4H,5-6H2,1H3. The Morgan fingerprint density at radius 2 is 2.43 bits per heavy atom. The van der Waals surface area contributed by atoms with Crippen LogP contribution in [0.25, 0.3) is 0 Å². The molecule has 76 valence electrons. The Morgan fingerprint density at radius 3 is 3.07 bits per heavy atom. The van der Waals surface area contributed by atoms with Gasteiger partial charge in [-0.3, -0.25) is 15.1 Å². The molecule has 0 spiro atoms. The van der Waals surface area contributed by atoms with Crippen LogP contribution in [0.3, 0.4) is 0 Å². The monoisotopic (exact) mass is 198 g/mol. The molecule has 0 aliphatic rings. The van der Waals surface area contributed by atoms with Crippen LogP contribution in [-0.4, -0.2) is 23.8 Å². The van der Waals surface area contributed by atoms with Gasteiger partial charge in [-0.25, -0.2) is 0 Å². The van der Waals surface area contributed by atoms with Gasteiger partial charge in [-0.2, -0.15) is 0 Å². The summed E-state index contributed by atoms with van der Waals surface area (Å²) >= 11 is 0. The molecule has 0 saturated carbocycles. The molecule has 0 bridgehead atoms. The average molecular weight is 198 g/mol. The number of pyridine rings is 1. The fourth-order valence-electron chi connectivity index (χ4n) is 0.888. The first kappa shape index (κ1) is 10.6. The van der Waals surface area contributed by atoms with E-state index in [1.165, 1.54) is 25.4 Å². The van der Waals surface area contributed by atoms with E-state index in [1.54, 1.807) is 0 Å². The van der Waals surface area contributed by atoms with Crippen molar-refractivity contribution in [2.45, 2.75) is 6.61 Å². The zero-order valence-electron chi connectivity index (χ0n) is 7.67. The highest BCUT2D eigenvalue weighted by molar-refractivity contribution is 5.29. The number of hydrogen-bond donors (Lipinski definition) is 0. The second kappa shape index (κ2) is 5.25. The van der Waals surface area contributed by atoms with E-state index in [4.69, 9.17) is 4.74 Å². The van der Waals surface area contributed by atoms with Gasteiger partial charge < -0.3 is 9.47 Å². The van der Waals surface area contributed by atoms with Gasteiger partial charge in [0.2, 0.25) is 0 Å². The Balaban J connectivity index is 2.59. The third-order valence-corrected chi connectivity index (χ3v) is 1.46. The maximum absolute atomic E-state index is 10.4. The second-order valence-corrected chi connectivity index (χ2v) is 2.52. The minimum absolute atomic E-state index is 0.0102. The summed E-state index contributed by atoms with van der Waals surface area (Å²) in [7, 11) is 1.50. The van der Waals surface area contributed by atoms with E-state index in [2.05, 4.69) is 9.72 Å². The molecule has 1 aromatic heterocycles. The lowest BCUT2D eigenvalue weighted by atomic mass is 10.3. The summed E-state index contributed by atoms with van der Waals surface area (Å²) in [5, 5.41) is 10.4. The molecule has 0 unspecified atom stereocenters. The van der Waals surface area contributed by atoms with Gasteiger partial charge in [0.1, 0.15) is 6.79 Å². The zero-order valence-corrected chi connectivity index (χ0v) is 7.67. The molecule has 14 heavy (non-hydrogen) atoms. The van der Waals surface area contributed by atoms with Crippen molar-refractivity contribution >= 4 is 5.69 Å². The lowest BCUT2D eigenvalue weighted by molar-refractivity contribution is -0.385. The minimum atomic E-state index is -0.471. The van der Waals surface area contributed by atoms with Crippen molar-refractivity contribution in [1.82, 2.24) is 4.98 Å². The molecule has 0 atom stereocenters. The zero-order chi connectivity index (χ0) is 10.4. The molecule has 0 radical (unpaired) electrons. The van der Waals surface area contributed by atoms with Gasteiger partial charge in [-0.1, -0.05) is 0 Å². The summed E-state index contributed by atoms with van der Waals surface area (Å²) in [5.41, 5.74) is 0.521. The summed E-state index contributed by atoms with van der Waals surface area (Å²) in [6.45, 7) is 0.347. The van der Waals surface area contributed by atoms with Crippen LogP contribution in [0.2, 0.25) is 0 Å². The van der Waals surface area contributed by atoms with E-state index in [0.717, 1.165) is 0 Å². The fraction of sp³-hybridized carbons (Fsp3) is 0.375. The Hall–Kier alpha value is -1.53. The van der Waals surface area contributed by atoms with Crippen molar-refractivity contribution < 1.29 is 14.4 Å². The smallest absolute Gasteiger partial charge is 0.272 e. The molecule has 0 aromatic carbocycles. The molecule has 0 saturated heterocycles. The van der Waals surface area contributed by atoms with Gasteiger partial charge >= 0.3 is 0 Å². The van der Waals surface area contributed by atoms with Crippen LogP contribution < -0.4 is 0 Å². The van der Waals surface area contributed by atoms with Crippen LogP contribution in [0.1, 0.15) is 5.69 Å². The number of aromatic nitrogens is 1. The van der Waals surface area contributed by atoms with E-state index >= 15 is 0 Å². The maximum Gasteiger partial charge on any atom is 0.272 e. The van der Waals surface area contributed by atoms with Crippen LogP contribution in [0, 0.1) is 10.1 Å². The summed E-state index contributed by atoms with van der Waals surface area (Å²) in [6.07, 6.45) is 1.38. The lowest BCUT2D eigenvalue weighted by Crippen LogP contribution is -1.99. The van der Waals surface area contributed by atoms with Crippen molar-refractivity contribution in [2.24, 2.45) is 0 Å². The topological polar surface area (TPSA) is 74.5 Å². The Morgan fingerprint density at radius 1 is 1.64 bits per heavy atom. The van der Waals surface area contributed by atoms with E-state index in [9.17, 15) is 10.1 Å². The number of nitrogens with zero attached hydrogens (tertiary/aromatic N) is 2. The Bertz CT molecular complexity index is 316. The van der Waals surface area contributed by atoms with Gasteiger partial charge in [-0.15, -0.1) is 0 Å². The average Bonchev–Trinajstić information content (AvgIpc) is 2.19. The summed E-state index contributed by atoms with van der Waals surface area (Å²) in [5.74, 6) is 0. The molecular weight excluding hydrogens is 188 g/mol. The number of ether oxygens (including phenoxy) is 2. The third kappa shape index (κ3) is 3.08. The predicted molar refractivity (Wildman–Crippen MR) is 47.6 cm³/mol. The fourth-order valence-corrected chi connectivity index (χ4v) is 0.888. The first-order valence-electron chi connectivity index (χ1n) is 3.90. The molecule has 1 heterocycles. The van der Waals surface area contributed by atoms with Gasteiger partial charge in [0.25, 0.3) is 5.69 Å². The normalized spacial score (nSPS) is 10.1. The van der Waals surface area contributed by atoms with Crippen molar-refractivity contribution in [3.05, 3.63) is 34.1 Å². The Kier molecular flexibility index (Phi) is 3.96. The van der Waals surface area contributed by atoms with Crippen LogP contribution in [0.15, 0.2) is 18.3 Å². The highest BCUT2D eigenvalue weighted by atomic mass is 16.7. The lowest BCUT2D eigenvalue weighted by Gasteiger charge is -2.01. The number of nitro groups is 1. The second-order valence-electron chi connectivity index (χ2n) is 2.52. The molecule has 0 aliphatic heterocycles. The molecule has 1 rings (SSSR count). The molecule has 0 N–H and O–H groups in total. The van der Waals surface area contributed by atoms with E-state index < -0.39 is 4.92 Å². The van der Waals surface area contributed by atoms with Crippen LogP contribution in [-0.2, 0) is 16.1 Å². The molecule has 6 heteroatoms. The van der Waals surface area contributed by atoms with Crippen molar-refractivity contribution in [1.29, 1.82) is 0 Å². The molecule has 0 aliphatic carbocycles. The van der Waals surface area contributed by atoms with E-state index in [0.29, 0.717) is 5.69 Å². The summed E-state index contributed by atoms with van der Waals surface area (Å²) in [4.78, 5) is 13.8. The third-order valence-electron chi connectivity index (χ3n) is 1.46. The minimum Gasteiger partial charge on any atom is -0.359 e. The van der Waals surface area contributed by atoms with Gasteiger partial charge in [0.05, 0.1) is 17.2 Å². The number of methoxy groups -OCH3 is 1. The van der Waals surface area contributed by atoms with Crippen LogP contribution >= 0.6 is 0 Å². The van der Waals surface area contributed by atoms with Crippen LogP contribution in [0.4, 0.5) is 5.69 Å². The first-order chi connectivity index (χ1) is 6.74. The van der Waals surface area contributed by atoms with Crippen molar-refractivity contribution in [2.75, 3.05) is 13.9 Å².